The lowest BCUT2D eigenvalue weighted by Gasteiger charge is -2.13. The van der Waals surface area contributed by atoms with Crippen molar-refractivity contribution >= 4 is 28.8 Å². The molecule has 126 valence electrons. The summed E-state index contributed by atoms with van der Waals surface area (Å²) in [6.45, 7) is 10.4. The fourth-order valence-electron chi connectivity index (χ4n) is 2.92. The highest BCUT2D eigenvalue weighted by molar-refractivity contribution is 6.35. The Hall–Kier alpha value is -1.50. The van der Waals surface area contributed by atoms with Gasteiger partial charge in [-0.05, 0) is 80.0 Å². The molecular formula is C22H24Cl2. The maximum atomic E-state index is 6.26. The minimum Gasteiger partial charge on any atom is -0.0998 e. The van der Waals surface area contributed by atoms with Crippen LogP contribution < -0.4 is 0 Å². The van der Waals surface area contributed by atoms with E-state index in [-0.39, 0.29) is 0 Å². The van der Waals surface area contributed by atoms with Crippen LogP contribution in [-0.4, -0.2) is 0 Å². The second kappa shape index (κ2) is 8.55. The van der Waals surface area contributed by atoms with E-state index in [4.69, 9.17) is 23.2 Å². The first-order valence-electron chi connectivity index (χ1n) is 8.24. The lowest BCUT2D eigenvalue weighted by atomic mass is 9.93. The third kappa shape index (κ3) is 5.00. The molecule has 24 heavy (non-hydrogen) atoms. The Kier molecular flexibility index (Phi) is 6.71. The van der Waals surface area contributed by atoms with Crippen molar-refractivity contribution in [1.29, 1.82) is 0 Å². The summed E-state index contributed by atoms with van der Waals surface area (Å²) in [6, 6.07) is 12.4. The molecule has 0 bridgehead atoms. The fourth-order valence-corrected chi connectivity index (χ4v) is 3.43. The predicted octanol–water partition coefficient (Wildman–Crippen LogP) is 7.46. The van der Waals surface area contributed by atoms with Gasteiger partial charge in [0.2, 0.25) is 0 Å². The van der Waals surface area contributed by atoms with Crippen molar-refractivity contribution in [1.82, 2.24) is 0 Å². The number of benzene rings is 2. The van der Waals surface area contributed by atoms with E-state index < -0.39 is 0 Å². The monoisotopic (exact) mass is 358 g/mol. The summed E-state index contributed by atoms with van der Waals surface area (Å²) in [6.07, 6.45) is 4.99. The number of hydrogen-bond donors (Lipinski definition) is 0. The van der Waals surface area contributed by atoms with Gasteiger partial charge < -0.3 is 0 Å². The van der Waals surface area contributed by atoms with Crippen LogP contribution in [-0.2, 0) is 12.8 Å². The minimum absolute atomic E-state index is 0.681. The van der Waals surface area contributed by atoms with Crippen molar-refractivity contribution in [2.24, 2.45) is 0 Å². The second-order valence-electron chi connectivity index (χ2n) is 6.33. The molecule has 0 aliphatic rings. The van der Waals surface area contributed by atoms with Crippen molar-refractivity contribution in [2.45, 2.75) is 40.0 Å². The van der Waals surface area contributed by atoms with E-state index in [1.54, 1.807) is 0 Å². The Morgan fingerprint density at radius 1 is 1.08 bits per heavy atom. The van der Waals surface area contributed by atoms with Gasteiger partial charge in [0.25, 0.3) is 0 Å². The van der Waals surface area contributed by atoms with Crippen LogP contribution in [0, 0.1) is 6.92 Å². The molecule has 0 aromatic heterocycles. The fraction of sp³-hybridized carbons (Fsp3) is 0.273. The van der Waals surface area contributed by atoms with Gasteiger partial charge in [-0.3, -0.25) is 0 Å². The molecule has 0 radical (unpaired) electrons. The number of hydrogen-bond acceptors (Lipinski definition) is 0. The summed E-state index contributed by atoms with van der Waals surface area (Å²) < 4.78 is 0. The maximum absolute atomic E-state index is 6.26. The normalized spacial score (nSPS) is 11.6. The Labute approximate surface area is 155 Å². The molecule has 0 atom stereocenters. The topological polar surface area (TPSA) is 0 Å². The van der Waals surface area contributed by atoms with Crippen molar-refractivity contribution in [2.75, 3.05) is 0 Å². The van der Waals surface area contributed by atoms with E-state index in [9.17, 15) is 0 Å². The standard InChI is InChI=1S/C22H24Cl2/c1-5-18(12-15(2)3)21-11-7-17(13-16(21)4)6-8-19-9-10-20(23)14-22(19)24/h5,7,9-11,13-14H,2,6,8,12H2,1,3-4H3/b18-5-. The molecule has 0 heterocycles. The van der Waals surface area contributed by atoms with Crippen LogP contribution in [0.15, 0.2) is 54.6 Å². The molecule has 0 amide bonds. The largest absolute Gasteiger partial charge is 0.0998 e. The third-order valence-corrected chi connectivity index (χ3v) is 4.76. The predicted molar refractivity (Wildman–Crippen MR) is 108 cm³/mol. The molecule has 0 saturated carbocycles. The van der Waals surface area contributed by atoms with E-state index in [0.29, 0.717) is 5.02 Å². The molecular weight excluding hydrogens is 335 g/mol. The molecule has 2 aromatic rings. The number of aryl methyl sites for hydroxylation is 3. The summed E-state index contributed by atoms with van der Waals surface area (Å²) in [5.41, 5.74) is 7.61. The Bertz CT molecular complexity index is 770. The smallest absolute Gasteiger partial charge is 0.0452 e. The van der Waals surface area contributed by atoms with Crippen LogP contribution >= 0.6 is 23.2 Å². The van der Waals surface area contributed by atoms with Gasteiger partial charge in [0.05, 0.1) is 0 Å². The lowest BCUT2D eigenvalue weighted by Crippen LogP contribution is -1.96. The van der Waals surface area contributed by atoms with Gasteiger partial charge in [-0.25, -0.2) is 0 Å². The summed E-state index contributed by atoms with van der Waals surface area (Å²) in [5.74, 6) is 0. The molecule has 0 aliphatic carbocycles. The Morgan fingerprint density at radius 3 is 2.42 bits per heavy atom. The van der Waals surface area contributed by atoms with Gasteiger partial charge in [0.15, 0.2) is 0 Å². The average molecular weight is 359 g/mol. The highest BCUT2D eigenvalue weighted by Gasteiger charge is 2.07. The number of rotatable bonds is 6. The lowest BCUT2D eigenvalue weighted by molar-refractivity contribution is 0.957. The molecule has 0 unspecified atom stereocenters. The van der Waals surface area contributed by atoms with Gasteiger partial charge in [0, 0.05) is 10.0 Å². The molecule has 0 spiro atoms. The zero-order chi connectivity index (χ0) is 17.7. The molecule has 2 heteroatoms. The van der Waals surface area contributed by atoms with Gasteiger partial charge in [-0.1, -0.05) is 65.7 Å². The van der Waals surface area contributed by atoms with Crippen LogP contribution in [0.25, 0.3) is 5.57 Å². The van der Waals surface area contributed by atoms with Crippen LogP contribution in [0.5, 0.6) is 0 Å². The SMILES string of the molecule is C=C(C)C/C(=C/C)c1ccc(CCc2ccc(Cl)cc2Cl)cc1C. The average Bonchev–Trinajstić information content (AvgIpc) is 2.52. The van der Waals surface area contributed by atoms with Gasteiger partial charge in [0.1, 0.15) is 0 Å². The minimum atomic E-state index is 0.681. The van der Waals surface area contributed by atoms with Gasteiger partial charge >= 0.3 is 0 Å². The third-order valence-electron chi connectivity index (χ3n) is 4.18. The first-order valence-corrected chi connectivity index (χ1v) is 8.99. The number of halogens is 2. The summed E-state index contributed by atoms with van der Waals surface area (Å²) in [7, 11) is 0. The maximum Gasteiger partial charge on any atom is 0.0452 e. The van der Waals surface area contributed by atoms with Gasteiger partial charge in [-0.15, -0.1) is 0 Å². The zero-order valence-corrected chi connectivity index (χ0v) is 16.1. The second-order valence-corrected chi connectivity index (χ2v) is 7.18. The molecule has 0 N–H and O–H groups in total. The molecule has 0 aliphatic heterocycles. The highest BCUT2D eigenvalue weighted by Crippen LogP contribution is 2.27. The molecule has 0 nitrogen and oxygen atoms in total. The van der Waals surface area contributed by atoms with Gasteiger partial charge in [-0.2, -0.15) is 0 Å². The van der Waals surface area contributed by atoms with Crippen LogP contribution in [0.3, 0.4) is 0 Å². The summed E-state index contributed by atoms with van der Waals surface area (Å²) >= 11 is 12.2. The molecule has 0 saturated heterocycles. The Balaban J connectivity index is 2.13. The van der Waals surface area contributed by atoms with Crippen LogP contribution in [0.1, 0.15) is 42.5 Å². The Morgan fingerprint density at radius 2 is 1.83 bits per heavy atom. The van der Waals surface area contributed by atoms with Crippen molar-refractivity contribution in [3.05, 3.63) is 86.9 Å². The first-order chi connectivity index (χ1) is 11.4. The van der Waals surface area contributed by atoms with Crippen molar-refractivity contribution < 1.29 is 0 Å². The van der Waals surface area contributed by atoms with Crippen LogP contribution in [0.4, 0.5) is 0 Å². The van der Waals surface area contributed by atoms with E-state index in [1.807, 2.05) is 18.2 Å². The number of allylic oxidation sites excluding steroid dienone is 3. The van der Waals surface area contributed by atoms with Crippen LogP contribution in [0.2, 0.25) is 10.0 Å². The molecule has 2 rings (SSSR count). The van der Waals surface area contributed by atoms with E-state index >= 15 is 0 Å². The quantitative estimate of drug-likeness (QED) is 0.470. The first kappa shape index (κ1) is 18.8. The molecule has 0 fully saturated rings. The highest BCUT2D eigenvalue weighted by atomic mass is 35.5. The summed E-state index contributed by atoms with van der Waals surface area (Å²) in [4.78, 5) is 0. The van der Waals surface area contributed by atoms with E-state index in [2.05, 4.69) is 51.6 Å². The van der Waals surface area contributed by atoms with Crippen molar-refractivity contribution in [3.8, 4) is 0 Å². The summed E-state index contributed by atoms with van der Waals surface area (Å²) in [5, 5.41) is 1.42. The van der Waals surface area contributed by atoms with E-state index in [0.717, 1.165) is 29.8 Å². The zero-order valence-electron chi connectivity index (χ0n) is 14.6. The van der Waals surface area contributed by atoms with E-state index in [1.165, 1.54) is 27.8 Å². The molecule has 2 aromatic carbocycles. The van der Waals surface area contributed by atoms with Crippen molar-refractivity contribution in [3.63, 3.8) is 0 Å².